The first-order valence-corrected chi connectivity index (χ1v) is 6.74. The second-order valence-electron chi connectivity index (χ2n) is 5.33. The first-order valence-electron chi connectivity index (χ1n) is 6.74. The van der Waals surface area contributed by atoms with Crippen LogP contribution < -0.4 is 10.5 Å². The number of aliphatic hydroxyl groups is 1. The zero-order valence-corrected chi connectivity index (χ0v) is 12.3. The van der Waals surface area contributed by atoms with E-state index in [1.165, 1.54) is 14.2 Å². The Morgan fingerprint density at radius 1 is 1.40 bits per heavy atom. The number of benzene rings is 1. The third kappa shape index (κ3) is 2.11. The van der Waals surface area contributed by atoms with E-state index in [1.807, 2.05) is 24.3 Å². The van der Waals surface area contributed by atoms with Crippen molar-refractivity contribution in [2.24, 2.45) is 5.73 Å². The molecule has 20 heavy (non-hydrogen) atoms. The largest absolute Gasteiger partial charge is 0.493 e. The highest BCUT2D eigenvalue weighted by molar-refractivity contribution is 5.44. The number of rotatable bonds is 5. The number of hydrogen-bond donors (Lipinski definition) is 2. The first-order chi connectivity index (χ1) is 9.53. The van der Waals surface area contributed by atoms with Crippen molar-refractivity contribution in [2.45, 2.75) is 30.7 Å². The maximum absolute atomic E-state index is 11.1. The summed E-state index contributed by atoms with van der Waals surface area (Å²) in [7, 11) is 3.02. The average molecular weight is 281 g/mol. The number of fused-ring (bicyclic) bond motifs is 1. The van der Waals surface area contributed by atoms with Gasteiger partial charge in [0.1, 0.15) is 11.4 Å². The van der Waals surface area contributed by atoms with E-state index in [-0.39, 0.29) is 6.54 Å². The third-order valence-electron chi connectivity index (χ3n) is 4.39. The van der Waals surface area contributed by atoms with E-state index in [9.17, 15) is 5.11 Å². The Kier molecular flexibility index (Phi) is 4.34. The summed E-state index contributed by atoms with van der Waals surface area (Å²) >= 11 is 0. The lowest BCUT2D eigenvalue weighted by Gasteiger charge is -2.50. The van der Waals surface area contributed by atoms with Gasteiger partial charge in [-0.1, -0.05) is 18.2 Å². The Morgan fingerprint density at radius 3 is 2.65 bits per heavy atom. The van der Waals surface area contributed by atoms with Gasteiger partial charge in [-0.3, -0.25) is 0 Å². The number of ether oxygens (including phenoxy) is 3. The molecule has 3 N–H and O–H groups in total. The molecule has 1 aliphatic heterocycles. The molecule has 0 bridgehead atoms. The normalized spacial score (nSPS) is 24.9. The lowest BCUT2D eigenvalue weighted by molar-refractivity contribution is -0.236. The van der Waals surface area contributed by atoms with Crippen molar-refractivity contribution in [3.8, 4) is 5.75 Å². The maximum Gasteiger partial charge on any atom is 0.186 e. The zero-order valence-electron chi connectivity index (χ0n) is 12.3. The molecule has 0 saturated carbocycles. The molecule has 112 valence electrons. The molecule has 1 aromatic rings. The van der Waals surface area contributed by atoms with E-state index in [0.29, 0.717) is 13.0 Å². The quantitative estimate of drug-likeness (QED) is 0.789. The summed E-state index contributed by atoms with van der Waals surface area (Å²) in [4.78, 5) is 0. The molecule has 0 saturated heterocycles. The maximum atomic E-state index is 11.1. The minimum Gasteiger partial charge on any atom is -0.493 e. The smallest absolute Gasteiger partial charge is 0.186 e. The van der Waals surface area contributed by atoms with Crippen LogP contribution in [0.1, 0.15) is 18.9 Å². The molecule has 0 fully saturated rings. The summed E-state index contributed by atoms with van der Waals surface area (Å²) in [5.41, 5.74) is 5.02. The van der Waals surface area contributed by atoms with Crippen LogP contribution in [0.3, 0.4) is 0 Å². The Bertz CT molecular complexity index is 459. The zero-order chi connectivity index (χ0) is 14.8. The van der Waals surface area contributed by atoms with Crippen LogP contribution in [0.15, 0.2) is 24.3 Å². The second-order valence-corrected chi connectivity index (χ2v) is 5.33. The summed E-state index contributed by atoms with van der Waals surface area (Å²) in [6.45, 7) is 2.49. The highest BCUT2D eigenvalue weighted by atomic mass is 16.7. The van der Waals surface area contributed by atoms with E-state index in [2.05, 4.69) is 0 Å². The van der Waals surface area contributed by atoms with Crippen LogP contribution in [0.25, 0.3) is 0 Å². The fourth-order valence-corrected chi connectivity index (χ4v) is 3.18. The molecule has 5 nitrogen and oxygen atoms in total. The minimum absolute atomic E-state index is 0.281. The van der Waals surface area contributed by atoms with Gasteiger partial charge in [-0.25, -0.2) is 0 Å². The van der Waals surface area contributed by atoms with Gasteiger partial charge < -0.3 is 25.1 Å². The van der Waals surface area contributed by atoms with E-state index >= 15 is 0 Å². The van der Waals surface area contributed by atoms with Gasteiger partial charge in [-0.05, 0) is 19.4 Å². The van der Waals surface area contributed by atoms with E-state index in [4.69, 9.17) is 19.9 Å². The van der Waals surface area contributed by atoms with Crippen molar-refractivity contribution in [3.05, 3.63) is 29.8 Å². The monoisotopic (exact) mass is 281 g/mol. The van der Waals surface area contributed by atoms with Crippen LogP contribution in [0, 0.1) is 0 Å². The lowest BCUT2D eigenvalue weighted by Crippen LogP contribution is -2.62. The molecule has 5 heteroatoms. The average Bonchev–Trinajstić information content (AvgIpc) is 2.47. The molecule has 0 radical (unpaired) electrons. The fraction of sp³-hybridized carbons (Fsp3) is 0.600. The van der Waals surface area contributed by atoms with Gasteiger partial charge in [0.2, 0.25) is 0 Å². The number of methoxy groups -OCH3 is 2. The van der Waals surface area contributed by atoms with Gasteiger partial charge in [-0.15, -0.1) is 0 Å². The van der Waals surface area contributed by atoms with Crippen LogP contribution in [0.4, 0.5) is 0 Å². The van der Waals surface area contributed by atoms with Crippen molar-refractivity contribution in [2.75, 3.05) is 27.4 Å². The predicted molar refractivity (Wildman–Crippen MR) is 75.7 cm³/mol. The van der Waals surface area contributed by atoms with E-state index < -0.39 is 17.3 Å². The molecule has 0 amide bonds. The van der Waals surface area contributed by atoms with Crippen LogP contribution in [-0.2, 0) is 14.9 Å². The molecule has 0 spiro atoms. The lowest BCUT2D eigenvalue weighted by atomic mass is 9.64. The topological polar surface area (TPSA) is 73.9 Å². The Balaban J connectivity index is 2.55. The van der Waals surface area contributed by atoms with Gasteiger partial charge >= 0.3 is 0 Å². The molecule has 2 unspecified atom stereocenters. The molecule has 0 aliphatic carbocycles. The summed E-state index contributed by atoms with van der Waals surface area (Å²) < 4.78 is 16.3. The molecule has 2 rings (SSSR count). The molecular formula is C15H23NO4. The Hall–Kier alpha value is -1.14. The Morgan fingerprint density at radius 2 is 2.05 bits per heavy atom. The van der Waals surface area contributed by atoms with Gasteiger partial charge in [-0.2, -0.15) is 0 Å². The highest BCUT2D eigenvalue weighted by Gasteiger charge is 2.55. The summed E-state index contributed by atoms with van der Waals surface area (Å²) in [5, 5.41) is 11.1. The van der Waals surface area contributed by atoms with Gasteiger partial charge in [0.25, 0.3) is 0 Å². The number of para-hydroxylation sites is 1. The van der Waals surface area contributed by atoms with Crippen LogP contribution in [-0.4, -0.2) is 44.4 Å². The van der Waals surface area contributed by atoms with Crippen LogP contribution in [0.5, 0.6) is 5.75 Å². The molecule has 1 aliphatic rings. The molecule has 1 heterocycles. The molecular weight excluding hydrogens is 258 g/mol. The second kappa shape index (κ2) is 5.69. The van der Waals surface area contributed by atoms with Crippen molar-refractivity contribution in [1.82, 2.24) is 0 Å². The minimum atomic E-state index is -1.27. The first kappa shape index (κ1) is 15.3. The van der Waals surface area contributed by atoms with Crippen molar-refractivity contribution >= 4 is 0 Å². The number of hydrogen-bond acceptors (Lipinski definition) is 5. The van der Waals surface area contributed by atoms with E-state index in [1.54, 1.807) is 6.92 Å². The molecule has 2 atom stereocenters. The Labute approximate surface area is 119 Å². The van der Waals surface area contributed by atoms with E-state index in [0.717, 1.165) is 11.3 Å². The van der Waals surface area contributed by atoms with Crippen molar-refractivity contribution in [3.63, 3.8) is 0 Å². The fourth-order valence-electron chi connectivity index (χ4n) is 3.18. The summed E-state index contributed by atoms with van der Waals surface area (Å²) in [5.74, 6) is 0.760. The standard InChI is InChI=1S/C15H23NO4/c1-14(17,13(18-2)19-3)15(10-16)8-9-20-12-7-5-4-6-11(12)15/h4-7,13,17H,8-10,16H2,1-3H3. The predicted octanol–water partition coefficient (Wildman–Crippen LogP) is 1.04. The SMILES string of the molecule is COC(OC)C(C)(O)C1(CN)CCOc2ccccc21. The van der Waals surface area contributed by atoms with Gasteiger partial charge in [0.05, 0.1) is 6.61 Å². The molecule has 0 aromatic heterocycles. The highest BCUT2D eigenvalue weighted by Crippen LogP contribution is 2.47. The number of nitrogens with two attached hydrogens (primary N) is 1. The third-order valence-corrected chi connectivity index (χ3v) is 4.39. The van der Waals surface area contributed by atoms with Gasteiger partial charge in [0, 0.05) is 31.7 Å². The van der Waals surface area contributed by atoms with Crippen LogP contribution >= 0.6 is 0 Å². The van der Waals surface area contributed by atoms with Crippen molar-refractivity contribution in [1.29, 1.82) is 0 Å². The summed E-state index contributed by atoms with van der Waals surface area (Å²) in [6, 6.07) is 7.66. The van der Waals surface area contributed by atoms with Gasteiger partial charge in [0.15, 0.2) is 6.29 Å². The summed E-state index contributed by atoms with van der Waals surface area (Å²) in [6.07, 6.45) is -0.159. The van der Waals surface area contributed by atoms with Crippen LogP contribution in [0.2, 0.25) is 0 Å². The van der Waals surface area contributed by atoms with Crippen molar-refractivity contribution < 1.29 is 19.3 Å². The molecule has 1 aromatic carbocycles.